The molecule has 0 aliphatic heterocycles. The molecule has 0 saturated heterocycles. The number of hydrogen-bond acceptors (Lipinski definition) is 4. The van der Waals surface area contributed by atoms with Gasteiger partial charge in [-0.05, 0) is 26.7 Å². The number of amides is 1. The predicted molar refractivity (Wildman–Crippen MR) is 142 cm³/mol. The van der Waals surface area contributed by atoms with Crippen LogP contribution in [0.1, 0.15) is 53.6 Å². The van der Waals surface area contributed by atoms with E-state index in [1.807, 2.05) is 29.8 Å². The number of aliphatic carboxylic acids is 1. The minimum absolute atomic E-state index is 0.195. The van der Waals surface area contributed by atoms with Crippen molar-refractivity contribution in [1.29, 1.82) is 0 Å². The first kappa shape index (κ1) is 25.1. The van der Waals surface area contributed by atoms with Gasteiger partial charge in [-0.3, -0.25) is 9.59 Å². The summed E-state index contributed by atoms with van der Waals surface area (Å²) >= 11 is 0. The third kappa shape index (κ3) is 5.62. The van der Waals surface area contributed by atoms with E-state index in [4.69, 9.17) is 15.1 Å². The Hall–Kier alpha value is -4.00. The van der Waals surface area contributed by atoms with Crippen molar-refractivity contribution in [3.05, 3.63) is 71.4 Å². The molecular formula is C29H32N4O3. The first-order valence-electron chi connectivity index (χ1n) is 12.4. The molecule has 0 saturated carbocycles. The number of carboxylic acids is 1. The number of fused-ring (bicyclic) bond motifs is 1. The van der Waals surface area contributed by atoms with Crippen LogP contribution < -0.4 is 5.32 Å². The van der Waals surface area contributed by atoms with Crippen LogP contribution in [-0.2, 0) is 11.3 Å². The Kier molecular flexibility index (Phi) is 7.78. The monoisotopic (exact) mass is 484 g/mol. The van der Waals surface area contributed by atoms with Gasteiger partial charge in [0.25, 0.3) is 5.91 Å². The molecule has 2 aromatic carbocycles. The molecule has 186 valence electrons. The summed E-state index contributed by atoms with van der Waals surface area (Å²) in [6.45, 7) is 4.77. The van der Waals surface area contributed by atoms with E-state index in [1.54, 1.807) is 7.05 Å². The fourth-order valence-electron chi connectivity index (χ4n) is 4.29. The highest BCUT2D eigenvalue weighted by molar-refractivity contribution is 6.05. The van der Waals surface area contributed by atoms with Gasteiger partial charge < -0.3 is 15.0 Å². The van der Waals surface area contributed by atoms with Gasteiger partial charge in [-0.25, -0.2) is 9.97 Å². The van der Waals surface area contributed by atoms with Gasteiger partial charge in [-0.1, -0.05) is 72.5 Å². The number of rotatable bonds is 10. The number of benzene rings is 2. The lowest BCUT2D eigenvalue weighted by atomic mass is 10.0. The average molecular weight is 485 g/mol. The summed E-state index contributed by atoms with van der Waals surface area (Å²) in [5, 5.41) is 11.6. The van der Waals surface area contributed by atoms with E-state index in [9.17, 15) is 9.59 Å². The van der Waals surface area contributed by atoms with E-state index in [0.717, 1.165) is 52.9 Å². The second-order valence-corrected chi connectivity index (χ2v) is 9.20. The lowest BCUT2D eigenvalue weighted by Gasteiger charge is -2.12. The number of unbranched alkanes of at least 4 members (excludes halogenated alkanes) is 3. The molecule has 1 amide bonds. The van der Waals surface area contributed by atoms with E-state index >= 15 is 0 Å². The van der Waals surface area contributed by atoms with Crippen LogP contribution in [0.4, 0.5) is 0 Å². The first-order valence-corrected chi connectivity index (χ1v) is 12.4. The van der Waals surface area contributed by atoms with Gasteiger partial charge in [0.1, 0.15) is 5.52 Å². The molecule has 2 N–H and O–H groups in total. The lowest BCUT2D eigenvalue weighted by Crippen LogP contribution is -2.17. The van der Waals surface area contributed by atoms with Crippen LogP contribution in [0.15, 0.2) is 54.7 Å². The summed E-state index contributed by atoms with van der Waals surface area (Å²) in [5.74, 6) is -0.961. The van der Waals surface area contributed by atoms with E-state index in [0.29, 0.717) is 29.7 Å². The fourth-order valence-corrected chi connectivity index (χ4v) is 4.29. The molecular weight excluding hydrogens is 452 g/mol. The molecule has 2 heterocycles. The number of aromatic nitrogens is 3. The Bertz CT molecular complexity index is 1370. The Labute approximate surface area is 211 Å². The van der Waals surface area contributed by atoms with Crippen LogP contribution in [0.3, 0.4) is 0 Å². The number of hydrogen-bond donors (Lipinski definition) is 2. The van der Waals surface area contributed by atoms with E-state index in [1.165, 1.54) is 0 Å². The second kappa shape index (κ2) is 11.2. The molecule has 36 heavy (non-hydrogen) atoms. The lowest BCUT2D eigenvalue weighted by molar-refractivity contribution is -0.137. The van der Waals surface area contributed by atoms with Gasteiger partial charge in [-0.15, -0.1) is 0 Å². The Morgan fingerprint density at radius 2 is 1.39 bits per heavy atom. The van der Waals surface area contributed by atoms with E-state index in [-0.39, 0.29) is 12.3 Å². The number of nitrogens with one attached hydrogen (secondary N) is 1. The molecule has 2 aromatic heterocycles. The van der Waals surface area contributed by atoms with Crippen molar-refractivity contribution in [1.82, 2.24) is 19.9 Å². The molecule has 0 bridgehead atoms. The highest BCUT2D eigenvalue weighted by atomic mass is 16.4. The number of carboxylic acid groups (broad SMARTS) is 1. The fraction of sp³-hybridized carbons (Fsp3) is 0.310. The van der Waals surface area contributed by atoms with Gasteiger partial charge in [-0.2, -0.15) is 0 Å². The topological polar surface area (TPSA) is 97.1 Å². The van der Waals surface area contributed by atoms with Crippen LogP contribution in [0, 0.1) is 13.8 Å². The molecule has 0 spiro atoms. The van der Waals surface area contributed by atoms with E-state index < -0.39 is 5.97 Å². The Balaban J connectivity index is 1.79. The molecule has 0 fully saturated rings. The summed E-state index contributed by atoms with van der Waals surface area (Å²) in [5.41, 5.74) is 7.49. The summed E-state index contributed by atoms with van der Waals surface area (Å²) in [6, 6.07) is 16.4. The third-order valence-electron chi connectivity index (χ3n) is 6.35. The maximum Gasteiger partial charge on any atom is 0.303 e. The van der Waals surface area contributed by atoms with Crippen molar-refractivity contribution < 1.29 is 14.7 Å². The zero-order valence-electron chi connectivity index (χ0n) is 21.0. The molecule has 0 aliphatic carbocycles. The van der Waals surface area contributed by atoms with Crippen LogP contribution in [0.5, 0.6) is 0 Å². The quantitative estimate of drug-likeness (QED) is 0.278. The summed E-state index contributed by atoms with van der Waals surface area (Å²) in [6.07, 6.45) is 5.31. The number of carbonyl (C=O) groups excluding carboxylic acids is 1. The molecule has 0 radical (unpaired) electrons. The highest BCUT2D eigenvalue weighted by Gasteiger charge is 2.21. The van der Waals surface area contributed by atoms with Crippen molar-refractivity contribution in [2.75, 3.05) is 7.05 Å². The molecule has 0 unspecified atom stereocenters. The van der Waals surface area contributed by atoms with Crippen LogP contribution in [0.25, 0.3) is 33.7 Å². The molecule has 0 aliphatic rings. The average Bonchev–Trinajstić information content (AvgIpc) is 3.23. The van der Waals surface area contributed by atoms with Gasteiger partial charge in [0.2, 0.25) is 0 Å². The maximum absolute atomic E-state index is 12.8. The largest absolute Gasteiger partial charge is 0.481 e. The molecule has 4 rings (SSSR count). The van der Waals surface area contributed by atoms with Crippen LogP contribution in [0.2, 0.25) is 0 Å². The number of nitrogens with zero attached hydrogens (tertiary/aromatic N) is 3. The second-order valence-electron chi connectivity index (χ2n) is 9.20. The zero-order valence-corrected chi connectivity index (χ0v) is 21.0. The summed E-state index contributed by atoms with van der Waals surface area (Å²) in [4.78, 5) is 33.6. The van der Waals surface area contributed by atoms with Gasteiger partial charge >= 0.3 is 5.97 Å². The minimum atomic E-state index is -0.759. The molecule has 0 atom stereocenters. The minimum Gasteiger partial charge on any atom is -0.481 e. The van der Waals surface area contributed by atoms with Gasteiger partial charge in [0.15, 0.2) is 5.65 Å². The predicted octanol–water partition coefficient (Wildman–Crippen LogP) is 5.78. The normalized spacial score (nSPS) is 11.1. The van der Waals surface area contributed by atoms with E-state index in [2.05, 4.69) is 48.6 Å². The zero-order chi connectivity index (χ0) is 25.7. The summed E-state index contributed by atoms with van der Waals surface area (Å²) < 4.78 is 2.00. The first-order chi connectivity index (χ1) is 17.4. The number of aryl methyl sites for hydroxylation is 3. The maximum atomic E-state index is 12.8. The Morgan fingerprint density at radius 3 is 1.94 bits per heavy atom. The molecule has 7 nitrogen and oxygen atoms in total. The van der Waals surface area contributed by atoms with Crippen LogP contribution >= 0.6 is 0 Å². The van der Waals surface area contributed by atoms with Crippen molar-refractivity contribution >= 4 is 23.0 Å². The van der Waals surface area contributed by atoms with Crippen molar-refractivity contribution in [2.45, 2.75) is 52.5 Å². The van der Waals surface area contributed by atoms with Gasteiger partial charge in [0, 0.05) is 37.3 Å². The molecule has 7 heteroatoms. The summed E-state index contributed by atoms with van der Waals surface area (Å²) in [7, 11) is 1.61. The Morgan fingerprint density at radius 1 is 0.833 bits per heavy atom. The molecule has 4 aromatic rings. The van der Waals surface area contributed by atoms with Crippen molar-refractivity contribution in [3.63, 3.8) is 0 Å². The standard InChI is InChI=1S/C29H32N4O3/c1-19-9-13-21(14-10-19)25-26(22-15-11-20(2)12-16-22)32-28-27(31-25)23(29(36)30-3)18-33(28)17-7-5-4-6-8-24(34)35/h9-16,18H,4-8,17H2,1-3H3,(H,30,36)(H,34,35). The third-order valence-corrected chi connectivity index (χ3v) is 6.35. The van der Waals surface area contributed by atoms with Crippen molar-refractivity contribution in [3.8, 4) is 22.5 Å². The van der Waals surface area contributed by atoms with Crippen molar-refractivity contribution in [2.24, 2.45) is 0 Å². The van der Waals surface area contributed by atoms with Gasteiger partial charge in [0.05, 0.1) is 17.0 Å². The SMILES string of the molecule is CNC(=O)c1cn(CCCCCCC(=O)O)c2nc(-c3ccc(C)cc3)c(-c3ccc(C)cc3)nc12. The highest BCUT2D eigenvalue weighted by Crippen LogP contribution is 2.33. The van der Waals surface area contributed by atoms with Crippen LogP contribution in [-0.4, -0.2) is 38.6 Å². The number of carbonyl (C=O) groups is 2. The smallest absolute Gasteiger partial charge is 0.303 e.